The van der Waals surface area contributed by atoms with Crippen molar-refractivity contribution in [3.05, 3.63) is 23.2 Å². The molecule has 2 nitrogen and oxygen atoms in total. The van der Waals surface area contributed by atoms with Crippen LogP contribution in [0.15, 0.2) is 12.4 Å². The molecule has 1 heterocycles. The van der Waals surface area contributed by atoms with Crippen molar-refractivity contribution in [2.24, 2.45) is 5.92 Å². The van der Waals surface area contributed by atoms with E-state index in [1.165, 1.54) is 12.2 Å². The van der Waals surface area contributed by atoms with Crippen molar-refractivity contribution in [2.75, 3.05) is 5.75 Å². The summed E-state index contributed by atoms with van der Waals surface area (Å²) in [7, 11) is 0. The van der Waals surface area contributed by atoms with Crippen LogP contribution < -0.4 is 0 Å². The van der Waals surface area contributed by atoms with Crippen molar-refractivity contribution in [1.29, 1.82) is 0 Å². The van der Waals surface area contributed by atoms with Gasteiger partial charge in [-0.3, -0.25) is 4.98 Å². The van der Waals surface area contributed by atoms with Crippen LogP contribution in [0.1, 0.15) is 26.0 Å². The monoisotopic (exact) mass is 230 g/mol. The Kier molecular flexibility index (Phi) is 5.26. The molecular formula is C10H15ClN2S. The average Bonchev–Trinajstić information content (AvgIpc) is 2.15. The maximum absolute atomic E-state index is 5.63. The quantitative estimate of drug-likeness (QED) is 0.725. The number of halogens is 1. The lowest BCUT2D eigenvalue weighted by molar-refractivity contribution is 0.632. The van der Waals surface area contributed by atoms with Gasteiger partial charge in [0.15, 0.2) is 0 Å². The second-order valence-corrected chi connectivity index (χ2v) is 5.06. The average molecular weight is 231 g/mol. The lowest BCUT2D eigenvalue weighted by atomic mass is 10.2. The minimum atomic E-state index is 0.459. The minimum absolute atomic E-state index is 0.459. The van der Waals surface area contributed by atoms with Crippen LogP contribution >= 0.6 is 23.4 Å². The van der Waals surface area contributed by atoms with Gasteiger partial charge in [0.1, 0.15) is 5.15 Å². The summed E-state index contributed by atoms with van der Waals surface area (Å²) >= 11 is 7.53. The second-order valence-electron chi connectivity index (χ2n) is 3.57. The molecule has 0 saturated heterocycles. The number of hydrogen-bond donors (Lipinski definition) is 0. The molecular weight excluding hydrogens is 216 g/mol. The fraction of sp³-hybridized carbons (Fsp3) is 0.600. The van der Waals surface area contributed by atoms with Crippen LogP contribution in [0.5, 0.6) is 0 Å². The molecule has 1 aromatic rings. The molecule has 0 aliphatic heterocycles. The van der Waals surface area contributed by atoms with Gasteiger partial charge in [0.2, 0.25) is 0 Å². The number of nitrogens with zero attached hydrogens (tertiary/aromatic N) is 2. The fourth-order valence-corrected chi connectivity index (χ4v) is 2.15. The summed E-state index contributed by atoms with van der Waals surface area (Å²) in [4.78, 5) is 8.16. The second kappa shape index (κ2) is 6.25. The van der Waals surface area contributed by atoms with Gasteiger partial charge in [-0.1, -0.05) is 25.4 Å². The van der Waals surface area contributed by atoms with E-state index in [1.54, 1.807) is 12.4 Å². The van der Waals surface area contributed by atoms with E-state index in [0.29, 0.717) is 5.15 Å². The first kappa shape index (κ1) is 11.8. The number of aromatic nitrogens is 2. The zero-order chi connectivity index (χ0) is 10.4. The van der Waals surface area contributed by atoms with Crippen molar-refractivity contribution < 1.29 is 0 Å². The molecule has 0 aromatic carbocycles. The summed E-state index contributed by atoms with van der Waals surface area (Å²) in [6, 6.07) is 0. The molecule has 78 valence electrons. The van der Waals surface area contributed by atoms with Crippen LogP contribution in [0.3, 0.4) is 0 Å². The number of rotatable bonds is 5. The van der Waals surface area contributed by atoms with Crippen LogP contribution in [-0.4, -0.2) is 15.7 Å². The molecule has 14 heavy (non-hydrogen) atoms. The summed E-state index contributed by atoms with van der Waals surface area (Å²) in [5.41, 5.74) is 1.00. The minimum Gasteiger partial charge on any atom is -0.256 e. The van der Waals surface area contributed by atoms with Gasteiger partial charge in [0.05, 0.1) is 18.1 Å². The van der Waals surface area contributed by atoms with Crippen LogP contribution in [-0.2, 0) is 5.75 Å². The third-order valence-corrected chi connectivity index (χ3v) is 2.98. The van der Waals surface area contributed by atoms with Gasteiger partial charge in [-0.15, -0.1) is 0 Å². The molecule has 0 amide bonds. The van der Waals surface area contributed by atoms with Gasteiger partial charge in [-0.2, -0.15) is 11.8 Å². The summed E-state index contributed by atoms with van der Waals surface area (Å²) < 4.78 is 0. The Hall–Kier alpha value is -0.280. The van der Waals surface area contributed by atoms with Gasteiger partial charge >= 0.3 is 0 Å². The van der Waals surface area contributed by atoms with Crippen molar-refractivity contribution in [1.82, 2.24) is 9.97 Å². The first-order valence-corrected chi connectivity index (χ1v) is 6.26. The van der Waals surface area contributed by atoms with E-state index in [2.05, 4.69) is 23.8 Å². The Bertz CT molecular complexity index is 261. The van der Waals surface area contributed by atoms with Crippen LogP contribution in [0, 0.1) is 5.92 Å². The van der Waals surface area contributed by atoms with Gasteiger partial charge in [0, 0.05) is 5.75 Å². The number of thioether (sulfide) groups is 1. The summed E-state index contributed by atoms with van der Waals surface area (Å²) in [6.07, 6.45) is 4.59. The molecule has 0 N–H and O–H groups in total. The molecule has 0 bridgehead atoms. The molecule has 0 radical (unpaired) electrons. The zero-order valence-corrected chi connectivity index (χ0v) is 10.1. The summed E-state index contributed by atoms with van der Waals surface area (Å²) in [5.74, 6) is 2.89. The molecule has 0 unspecified atom stereocenters. The van der Waals surface area contributed by atoms with E-state index in [-0.39, 0.29) is 0 Å². The Labute approximate surface area is 94.5 Å². The molecule has 0 saturated carbocycles. The topological polar surface area (TPSA) is 25.8 Å². The first-order chi connectivity index (χ1) is 6.68. The summed E-state index contributed by atoms with van der Waals surface area (Å²) in [6.45, 7) is 4.48. The third-order valence-electron chi connectivity index (χ3n) is 1.76. The van der Waals surface area contributed by atoms with Crippen molar-refractivity contribution in [3.8, 4) is 0 Å². The normalized spacial score (nSPS) is 10.9. The van der Waals surface area contributed by atoms with Crippen molar-refractivity contribution >= 4 is 23.4 Å². The van der Waals surface area contributed by atoms with Gasteiger partial charge in [-0.25, -0.2) is 4.98 Å². The lowest BCUT2D eigenvalue weighted by Gasteiger charge is -2.03. The van der Waals surface area contributed by atoms with Crippen molar-refractivity contribution in [2.45, 2.75) is 26.0 Å². The van der Waals surface area contributed by atoms with Crippen LogP contribution in [0.2, 0.25) is 5.15 Å². The lowest BCUT2D eigenvalue weighted by Crippen LogP contribution is -1.92. The maximum atomic E-state index is 5.63. The Balaban J connectivity index is 2.21. The predicted molar refractivity (Wildman–Crippen MR) is 62.7 cm³/mol. The number of hydrogen-bond acceptors (Lipinski definition) is 3. The molecule has 4 heteroatoms. The molecule has 0 fully saturated rings. The predicted octanol–water partition coefficient (Wildman–Crippen LogP) is 3.41. The highest BCUT2D eigenvalue weighted by atomic mass is 35.5. The Morgan fingerprint density at radius 2 is 2.14 bits per heavy atom. The van der Waals surface area contributed by atoms with E-state index in [9.17, 15) is 0 Å². The molecule has 0 aliphatic rings. The molecule has 0 aliphatic carbocycles. The van der Waals surface area contributed by atoms with Crippen LogP contribution in [0.25, 0.3) is 0 Å². The first-order valence-electron chi connectivity index (χ1n) is 4.72. The highest BCUT2D eigenvalue weighted by Crippen LogP contribution is 2.14. The fourth-order valence-electron chi connectivity index (χ4n) is 0.909. The third kappa shape index (κ3) is 4.82. The Morgan fingerprint density at radius 1 is 1.36 bits per heavy atom. The SMILES string of the molecule is CC(C)CCSCc1cnc(Cl)cn1. The van der Waals surface area contributed by atoms with Crippen molar-refractivity contribution in [3.63, 3.8) is 0 Å². The molecule has 1 rings (SSSR count). The van der Waals surface area contributed by atoms with Gasteiger partial charge < -0.3 is 0 Å². The highest BCUT2D eigenvalue weighted by molar-refractivity contribution is 7.98. The van der Waals surface area contributed by atoms with E-state index in [4.69, 9.17) is 11.6 Å². The van der Waals surface area contributed by atoms with E-state index in [1.807, 2.05) is 11.8 Å². The Morgan fingerprint density at radius 3 is 2.71 bits per heavy atom. The van der Waals surface area contributed by atoms with Crippen LogP contribution in [0.4, 0.5) is 0 Å². The van der Waals surface area contributed by atoms with E-state index >= 15 is 0 Å². The summed E-state index contributed by atoms with van der Waals surface area (Å²) in [5, 5.41) is 0.459. The van der Waals surface area contributed by atoms with E-state index < -0.39 is 0 Å². The maximum Gasteiger partial charge on any atom is 0.147 e. The van der Waals surface area contributed by atoms with Gasteiger partial charge in [0.25, 0.3) is 0 Å². The largest absolute Gasteiger partial charge is 0.256 e. The molecule has 1 aromatic heterocycles. The standard InChI is InChI=1S/C10H15ClN2S/c1-8(2)3-4-14-7-9-5-13-10(11)6-12-9/h5-6,8H,3-4,7H2,1-2H3. The van der Waals surface area contributed by atoms with E-state index in [0.717, 1.165) is 17.4 Å². The zero-order valence-electron chi connectivity index (χ0n) is 8.53. The van der Waals surface area contributed by atoms with Gasteiger partial charge in [-0.05, 0) is 18.1 Å². The highest BCUT2D eigenvalue weighted by Gasteiger charge is 1.98. The molecule has 0 atom stereocenters. The smallest absolute Gasteiger partial charge is 0.147 e. The molecule has 0 spiro atoms.